The first kappa shape index (κ1) is 25.9. The Hall–Kier alpha value is -3.19. The molecule has 2 heterocycles. The van der Waals surface area contributed by atoms with Crippen LogP contribution in [0.2, 0.25) is 0 Å². The third kappa shape index (κ3) is 5.78. The van der Waals surface area contributed by atoms with Gasteiger partial charge in [-0.1, -0.05) is 30.3 Å². The Morgan fingerprint density at radius 2 is 1.75 bits per heavy atom. The molecule has 36 heavy (non-hydrogen) atoms. The first-order valence-corrected chi connectivity index (χ1v) is 13.6. The van der Waals surface area contributed by atoms with Crippen molar-refractivity contribution in [3.05, 3.63) is 54.1 Å². The third-order valence-corrected chi connectivity index (χ3v) is 7.55. The molecule has 1 saturated heterocycles. The van der Waals surface area contributed by atoms with Gasteiger partial charge in [0.2, 0.25) is 5.13 Å². The smallest absolute Gasteiger partial charge is 0.425 e. The number of amides is 1. The minimum Gasteiger partial charge on any atom is -0.480 e. The van der Waals surface area contributed by atoms with Crippen molar-refractivity contribution >= 4 is 32.4 Å². The maximum atomic E-state index is 13.3. The van der Waals surface area contributed by atoms with Crippen LogP contribution in [0.3, 0.4) is 0 Å². The Labute approximate surface area is 210 Å². The molecule has 0 aliphatic carbocycles. The molecule has 13 heteroatoms. The number of anilines is 1. The molecule has 1 unspecified atom stereocenters. The van der Waals surface area contributed by atoms with Crippen LogP contribution in [0.4, 0.5) is 18.3 Å². The second kappa shape index (κ2) is 10.1. The molecule has 0 spiro atoms. The van der Waals surface area contributed by atoms with Crippen LogP contribution < -0.4 is 9.64 Å². The molecule has 0 bridgehead atoms. The summed E-state index contributed by atoms with van der Waals surface area (Å²) in [4.78, 5) is 21.1. The van der Waals surface area contributed by atoms with Gasteiger partial charge in [0.25, 0.3) is 5.91 Å². The van der Waals surface area contributed by atoms with Gasteiger partial charge in [-0.15, -0.1) is 0 Å². The fraction of sp³-hybridized carbons (Fsp3) is 0.348. The molecule has 1 fully saturated rings. The van der Waals surface area contributed by atoms with Crippen molar-refractivity contribution in [2.75, 3.05) is 37.3 Å². The molecule has 1 aliphatic rings. The van der Waals surface area contributed by atoms with Crippen molar-refractivity contribution in [3.63, 3.8) is 0 Å². The molecule has 2 aromatic carbocycles. The van der Waals surface area contributed by atoms with Gasteiger partial charge in [0.05, 0.1) is 10.5 Å². The highest BCUT2D eigenvalue weighted by Gasteiger charge is 2.39. The Morgan fingerprint density at radius 1 is 1.08 bits per heavy atom. The summed E-state index contributed by atoms with van der Waals surface area (Å²) in [5.74, 6) is -0.324. The Balaban J connectivity index is 1.51. The molecule has 4 rings (SSSR count). The van der Waals surface area contributed by atoms with E-state index >= 15 is 0 Å². The van der Waals surface area contributed by atoms with Crippen LogP contribution in [0.25, 0.3) is 11.4 Å². The number of benzene rings is 2. The molecule has 8 nitrogen and oxygen atoms in total. The maximum Gasteiger partial charge on any atom is 0.425 e. The molecule has 1 atom stereocenters. The molecule has 0 saturated carbocycles. The summed E-state index contributed by atoms with van der Waals surface area (Å²) >= 11 is 1.24. The summed E-state index contributed by atoms with van der Waals surface area (Å²) in [6.45, 7) is 2.20. The fourth-order valence-corrected chi connectivity index (χ4v) is 4.97. The minimum atomic E-state index is -4.65. The van der Waals surface area contributed by atoms with E-state index < -0.39 is 28.0 Å². The average Bonchev–Trinajstić information content (AvgIpc) is 3.34. The number of rotatable bonds is 6. The monoisotopic (exact) mass is 540 g/mol. The second-order valence-corrected chi connectivity index (χ2v) is 11.0. The number of hydrogen-bond acceptors (Lipinski definition) is 8. The quantitative estimate of drug-likeness (QED) is 0.468. The van der Waals surface area contributed by atoms with Crippen molar-refractivity contribution in [1.82, 2.24) is 14.3 Å². The van der Waals surface area contributed by atoms with E-state index in [1.54, 1.807) is 0 Å². The van der Waals surface area contributed by atoms with Crippen molar-refractivity contribution in [1.29, 1.82) is 0 Å². The molecule has 0 N–H and O–H groups in total. The number of carbonyl (C=O) groups excluding carboxylic acids is 1. The van der Waals surface area contributed by atoms with Gasteiger partial charge in [-0.05, 0) is 25.1 Å². The van der Waals surface area contributed by atoms with Crippen LogP contribution in [-0.2, 0) is 9.84 Å². The highest BCUT2D eigenvalue weighted by Crippen LogP contribution is 2.31. The zero-order valence-corrected chi connectivity index (χ0v) is 21.0. The van der Waals surface area contributed by atoms with E-state index in [9.17, 15) is 26.4 Å². The number of nitrogens with zero attached hydrogens (tertiary/aromatic N) is 4. The predicted octanol–water partition coefficient (Wildman–Crippen LogP) is 3.90. The van der Waals surface area contributed by atoms with E-state index in [-0.39, 0.29) is 29.3 Å². The number of carbonyl (C=O) groups is 1. The van der Waals surface area contributed by atoms with Gasteiger partial charge >= 0.3 is 6.18 Å². The first-order valence-electron chi connectivity index (χ1n) is 10.9. The molecule has 1 amide bonds. The second-order valence-electron chi connectivity index (χ2n) is 8.28. The number of piperazine rings is 1. The van der Waals surface area contributed by atoms with Crippen LogP contribution in [0.5, 0.6) is 5.75 Å². The first-order chi connectivity index (χ1) is 16.9. The van der Waals surface area contributed by atoms with Crippen molar-refractivity contribution in [2.45, 2.75) is 24.1 Å². The predicted molar refractivity (Wildman–Crippen MR) is 129 cm³/mol. The number of aromatic nitrogens is 2. The van der Waals surface area contributed by atoms with Crippen molar-refractivity contribution in [2.24, 2.45) is 0 Å². The average molecular weight is 541 g/mol. The van der Waals surface area contributed by atoms with E-state index in [4.69, 9.17) is 4.74 Å². The number of ether oxygens (including phenoxy) is 1. The lowest BCUT2D eigenvalue weighted by atomic mass is 10.1. The summed E-state index contributed by atoms with van der Waals surface area (Å²) in [6, 6.07) is 12.8. The van der Waals surface area contributed by atoms with Gasteiger partial charge in [-0.2, -0.15) is 22.5 Å². The third-order valence-electron chi connectivity index (χ3n) is 5.66. The largest absolute Gasteiger partial charge is 0.480 e. The van der Waals surface area contributed by atoms with Crippen molar-refractivity contribution < 1.29 is 31.1 Å². The van der Waals surface area contributed by atoms with Crippen LogP contribution in [0.1, 0.15) is 17.3 Å². The van der Waals surface area contributed by atoms with Crippen LogP contribution in [0.15, 0.2) is 53.4 Å². The lowest BCUT2D eigenvalue weighted by molar-refractivity contribution is -0.189. The number of halogens is 3. The SMILES string of the molecule is CC(Oc1ccc(S(C)(=O)=O)cc1C(=O)N1CCN(c2nc(-c3ccccc3)ns2)CC1)C(F)(F)F. The molecular weight excluding hydrogens is 517 g/mol. The topological polar surface area (TPSA) is 92.7 Å². The fourth-order valence-electron chi connectivity index (χ4n) is 3.59. The van der Waals surface area contributed by atoms with Crippen molar-refractivity contribution in [3.8, 4) is 17.1 Å². The maximum absolute atomic E-state index is 13.3. The molecule has 1 aliphatic heterocycles. The van der Waals surface area contributed by atoms with E-state index in [1.807, 2.05) is 35.2 Å². The standard InChI is InChI=1S/C23H23F3N4O4S2/c1-15(23(24,25)26)34-19-9-8-17(36(2,32)33)14-18(19)21(31)29-10-12-30(13-11-29)22-27-20(28-35-22)16-6-4-3-5-7-16/h3-9,14-15H,10-13H2,1-2H3. The lowest BCUT2D eigenvalue weighted by Gasteiger charge is -2.34. The van der Waals surface area contributed by atoms with Gasteiger partial charge in [0.15, 0.2) is 21.8 Å². The minimum absolute atomic E-state index is 0.182. The van der Waals surface area contributed by atoms with Gasteiger partial charge < -0.3 is 14.5 Å². The van der Waals surface area contributed by atoms with E-state index in [2.05, 4.69) is 9.36 Å². The van der Waals surface area contributed by atoms with E-state index in [1.165, 1.54) is 16.4 Å². The summed E-state index contributed by atoms with van der Waals surface area (Å²) < 4.78 is 72.7. The summed E-state index contributed by atoms with van der Waals surface area (Å²) in [5, 5.41) is 0.697. The van der Waals surface area contributed by atoms with E-state index in [0.717, 1.165) is 36.9 Å². The molecule has 0 radical (unpaired) electrons. The Kier molecular flexibility index (Phi) is 7.23. The Morgan fingerprint density at radius 3 is 2.36 bits per heavy atom. The van der Waals surface area contributed by atoms with Gasteiger partial charge in [-0.25, -0.2) is 8.42 Å². The Bertz CT molecular complexity index is 1340. The van der Waals surface area contributed by atoms with E-state index in [0.29, 0.717) is 24.0 Å². The van der Waals surface area contributed by atoms with Crippen LogP contribution in [-0.4, -0.2) is 73.3 Å². The van der Waals surface area contributed by atoms with Crippen LogP contribution >= 0.6 is 11.5 Å². The highest BCUT2D eigenvalue weighted by atomic mass is 32.2. The molecule has 3 aromatic rings. The number of hydrogen-bond donors (Lipinski definition) is 0. The summed E-state index contributed by atoms with van der Waals surface area (Å²) in [6.07, 6.45) is -5.87. The normalized spacial score (nSPS) is 15.6. The van der Waals surface area contributed by atoms with Crippen LogP contribution in [0, 0.1) is 0 Å². The van der Waals surface area contributed by atoms with Gasteiger partial charge in [0, 0.05) is 49.5 Å². The molecule has 1 aromatic heterocycles. The summed E-state index contributed by atoms with van der Waals surface area (Å²) in [7, 11) is -3.70. The zero-order chi connectivity index (χ0) is 26.1. The zero-order valence-electron chi connectivity index (χ0n) is 19.4. The van der Waals surface area contributed by atoms with Gasteiger partial charge in [0.1, 0.15) is 5.75 Å². The molecular formula is C23H23F3N4O4S2. The number of alkyl halides is 3. The number of sulfone groups is 1. The highest BCUT2D eigenvalue weighted by molar-refractivity contribution is 7.90. The molecule has 192 valence electrons. The van der Waals surface area contributed by atoms with Gasteiger partial charge in [-0.3, -0.25) is 4.79 Å². The lowest BCUT2D eigenvalue weighted by Crippen LogP contribution is -2.49. The summed E-state index contributed by atoms with van der Waals surface area (Å²) in [5.41, 5.74) is 0.657.